The van der Waals surface area contributed by atoms with Gasteiger partial charge in [-0.3, -0.25) is 29.3 Å². The average molecular weight is 722 g/mol. The molecular weight excluding hydrogens is 703 g/mol. The van der Waals surface area contributed by atoms with Gasteiger partial charge in [0.25, 0.3) is 5.69 Å². The molecule has 5 atom stereocenters. The maximum absolute atomic E-state index is 13.7. The molecule has 2 heterocycles. The van der Waals surface area contributed by atoms with Crippen LogP contribution in [0.2, 0.25) is 0 Å². The predicted octanol–water partition coefficient (Wildman–Crippen LogP) is 6.12. The van der Waals surface area contributed by atoms with Crippen molar-refractivity contribution in [1.29, 1.82) is 0 Å². The minimum Gasteiger partial charge on any atom is -0.426 e. The van der Waals surface area contributed by atoms with Crippen molar-refractivity contribution in [3.8, 4) is 5.75 Å². The molecule has 4 aliphatic rings. The number of halogens is 6. The smallest absolute Gasteiger partial charge is 0.316 e. The second-order valence-electron chi connectivity index (χ2n) is 11.1. The van der Waals surface area contributed by atoms with Crippen LogP contribution in [0, 0.1) is 41.7 Å². The summed E-state index contributed by atoms with van der Waals surface area (Å²) in [6.45, 7) is 3.15. The summed E-state index contributed by atoms with van der Waals surface area (Å²) in [7, 11) is 0. The summed E-state index contributed by atoms with van der Waals surface area (Å²) in [6, 6.07) is 8.66. The maximum atomic E-state index is 13.7. The van der Waals surface area contributed by atoms with Crippen LogP contribution in [0.15, 0.2) is 46.5 Å². The van der Waals surface area contributed by atoms with Gasteiger partial charge in [0, 0.05) is 24.6 Å². The van der Waals surface area contributed by atoms with Crippen LogP contribution in [0.5, 0.6) is 5.75 Å². The number of benzene rings is 2. The molecule has 3 fully saturated rings. The van der Waals surface area contributed by atoms with Gasteiger partial charge in [0.15, 0.2) is 4.33 Å². The van der Waals surface area contributed by atoms with Crippen LogP contribution in [0.25, 0.3) is 0 Å². The monoisotopic (exact) mass is 719 g/mol. The number of fused-ring (bicyclic) bond motifs is 5. The van der Waals surface area contributed by atoms with E-state index in [0.29, 0.717) is 16.8 Å². The number of anilines is 2. The van der Waals surface area contributed by atoms with Crippen molar-refractivity contribution < 1.29 is 28.8 Å². The minimum atomic E-state index is -2.05. The second-order valence-corrected chi connectivity index (χ2v) is 14.4. The number of amides is 3. The van der Waals surface area contributed by atoms with Gasteiger partial charge < -0.3 is 9.64 Å². The highest BCUT2D eigenvalue weighted by atomic mass is 35.5. The zero-order valence-corrected chi connectivity index (χ0v) is 27.1. The summed E-state index contributed by atoms with van der Waals surface area (Å²) in [4.78, 5) is 62.2. The van der Waals surface area contributed by atoms with E-state index in [2.05, 4.69) is 0 Å². The van der Waals surface area contributed by atoms with Crippen LogP contribution >= 0.6 is 69.6 Å². The van der Waals surface area contributed by atoms with E-state index in [-0.39, 0.29) is 46.1 Å². The van der Waals surface area contributed by atoms with Crippen molar-refractivity contribution in [1.82, 2.24) is 0 Å². The molecule has 2 aliphatic carbocycles. The molecule has 0 radical (unpaired) electrons. The molecule has 44 heavy (non-hydrogen) atoms. The molecule has 0 spiro atoms. The van der Waals surface area contributed by atoms with E-state index < -0.39 is 54.5 Å². The Labute approximate surface area is 279 Å². The van der Waals surface area contributed by atoms with Crippen molar-refractivity contribution in [2.75, 3.05) is 16.3 Å². The lowest BCUT2D eigenvalue weighted by molar-refractivity contribution is -0.385. The number of alkyl halides is 4. The lowest BCUT2D eigenvalue weighted by atomic mass is 9.84. The molecule has 2 aromatic carbocycles. The number of hydrogen-bond acceptors (Lipinski definition) is 7. The normalized spacial score (nSPS) is 30.5. The summed E-state index contributed by atoms with van der Waals surface area (Å²) >= 11 is 39.3. The third-order valence-corrected chi connectivity index (χ3v) is 13.0. The zero-order chi connectivity index (χ0) is 32.3. The van der Waals surface area contributed by atoms with Crippen LogP contribution in [0.3, 0.4) is 0 Å². The zero-order valence-electron chi connectivity index (χ0n) is 22.6. The first-order valence-corrected chi connectivity index (χ1v) is 15.3. The van der Waals surface area contributed by atoms with E-state index in [1.807, 2.05) is 0 Å². The van der Waals surface area contributed by atoms with Crippen LogP contribution in [-0.2, 0) is 19.2 Å². The number of hydrogen-bond donors (Lipinski definition) is 0. The van der Waals surface area contributed by atoms with Gasteiger partial charge in [0.05, 0.1) is 44.1 Å². The fraction of sp³-hybridized carbons (Fsp3) is 0.357. The summed E-state index contributed by atoms with van der Waals surface area (Å²) in [5, 5.41) is 10.9. The molecule has 10 nitrogen and oxygen atoms in total. The number of esters is 1. The predicted molar refractivity (Wildman–Crippen MR) is 165 cm³/mol. The van der Waals surface area contributed by atoms with Gasteiger partial charge in [0.1, 0.15) is 15.5 Å². The lowest BCUT2D eigenvalue weighted by Gasteiger charge is -2.34. The summed E-state index contributed by atoms with van der Waals surface area (Å²) < 4.78 is 3.48. The molecule has 3 amide bonds. The topological polar surface area (TPSA) is 127 Å². The highest BCUT2D eigenvalue weighted by Crippen LogP contribution is 2.77. The highest BCUT2D eigenvalue weighted by molar-refractivity contribution is 6.67. The molecular formula is C28H19Cl6N3O7. The first kappa shape index (κ1) is 31.4. The number of allylic oxidation sites excluding steroid dienone is 2. The molecule has 230 valence electrons. The standard InChI is InChI=1S/C28H19Cl6N3O7/c1-11-3-4-14(9-17(11)37(42)43)35-10-13(8-18(35)38)25(41)44-15-5-6-16(12(2)7-15)36-23(39)19-20(24(36)40)27(32)22(30)21(29)26(19,31)28(27,33)34/h3-7,9,13,19-20H,8,10H2,1-2H3/t13-,19+,20+,26-,27-/m1/s1. The molecule has 2 saturated heterocycles. The number of ether oxygens (including phenoxy) is 1. The maximum Gasteiger partial charge on any atom is 0.316 e. The van der Waals surface area contributed by atoms with Crippen LogP contribution in [0.4, 0.5) is 17.1 Å². The molecule has 6 rings (SSSR count). The van der Waals surface area contributed by atoms with Gasteiger partial charge in [-0.25, -0.2) is 4.90 Å². The van der Waals surface area contributed by atoms with E-state index >= 15 is 0 Å². The van der Waals surface area contributed by atoms with Gasteiger partial charge in [-0.2, -0.15) is 0 Å². The first-order chi connectivity index (χ1) is 20.5. The minimum absolute atomic E-state index is 0.0311. The Kier molecular flexibility index (Phi) is 7.28. The number of carbonyl (C=O) groups is 4. The van der Waals surface area contributed by atoms with Crippen molar-refractivity contribution in [2.24, 2.45) is 17.8 Å². The number of aryl methyl sites for hydroxylation is 2. The Morgan fingerprint density at radius 2 is 1.52 bits per heavy atom. The van der Waals surface area contributed by atoms with Gasteiger partial charge >= 0.3 is 5.97 Å². The fourth-order valence-corrected chi connectivity index (χ4v) is 9.38. The van der Waals surface area contributed by atoms with Gasteiger partial charge in [-0.05, 0) is 43.7 Å². The molecule has 16 heteroatoms. The first-order valence-electron chi connectivity index (χ1n) is 13.1. The summed E-state index contributed by atoms with van der Waals surface area (Å²) in [6.07, 6.45) is -0.153. The highest BCUT2D eigenvalue weighted by Gasteiger charge is 2.87. The third kappa shape index (κ3) is 3.94. The van der Waals surface area contributed by atoms with Gasteiger partial charge in [0.2, 0.25) is 17.7 Å². The van der Waals surface area contributed by atoms with E-state index in [4.69, 9.17) is 74.3 Å². The Bertz CT molecular complexity index is 1720. The lowest BCUT2D eigenvalue weighted by Crippen LogP contribution is -2.50. The van der Waals surface area contributed by atoms with Crippen LogP contribution in [0.1, 0.15) is 17.5 Å². The SMILES string of the molecule is Cc1cc(OC(=O)[C@@H]2CC(=O)N(c3ccc(C)c([N+](=O)[O-])c3)C2)ccc1N1C(=O)[C@@H]2[C@@H](C1=O)[C@@]1(Cl)C(Cl)=C(Cl)[C@@]2(Cl)C1(Cl)Cl. The van der Waals surface area contributed by atoms with E-state index in [0.717, 1.165) is 4.90 Å². The largest absolute Gasteiger partial charge is 0.426 e. The van der Waals surface area contributed by atoms with Gasteiger partial charge in [-0.15, -0.1) is 23.2 Å². The van der Waals surface area contributed by atoms with Crippen LogP contribution < -0.4 is 14.5 Å². The van der Waals surface area contributed by atoms with E-state index in [1.165, 1.54) is 35.2 Å². The Balaban J connectivity index is 1.20. The molecule has 0 N–H and O–H groups in total. The summed E-state index contributed by atoms with van der Waals surface area (Å²) in [5.41, 5.74) is 1.17. The van der Waals surface area contributed by atoms with Crippen molar-refractivity contribution in [3.05, 3.63) is 67.7 Å². The number of rotatable bonds is 5. The quantitative estimate of drug-likeness (QED) is 0.0909. The molecule has 0 aromatic heterocycles. The number of nitrogens with zero attached hydrogens (tertiary/aromatic N) is 3. The van der Waals surface area contributed by atoms with E-state index in [1.54, 1.807) is 19.9 Å². The Hall–Kier alpha value is -2.60. The number of imide groups is 1. The summed E-state index contributed by atoms with van der Waals surface area (Å²) in [5.74, 6) is -5.86. The number of carbonyl (C=O) groups excluding carboxylic acids is 4. The fourth-order valence-electron chi connectivity index (χ4n) is 6.45. The van der Waals surface area contributed by atoms with Gasteiger partial charge in [-0.1, -0.05) is 52.5 Å². The van der Waals surface area contributed by atoms with E-state index in [9.17, 15) is 29.3 Å². The number of nitro benzene ring substituents is 1. The molecule has 2 bridgehead atoms. The Morgan fingerprint density at radius 1 is 0.932 bits per heavy atom. The Morgan fingerprint density at radius 3 is 2.07 bits per heavy atom. The van der Waals surface area contributed by atoms with Crippen molar-refractivity contribution in [2.45, 2.75) is 34.3 Å². The second kappa shape index (κ2) is 10.2. The molecule has 0 unspecified atom stereocenters. The molecule has 2 aromatic rings. The molecule has 2 aliphatic heterocycles. The number of nitro groups is 1. The third-order valence-electron chi connectivity index (χ3n) is 8.70. The molecule has 1 saturated carbocycles. The average Bonchev–Trinajstić information content (AvgIpc) is 3.54. The van der Waals surface area contributed by atoms with Crippen molar-refractivity contribution in [3.63, 3.8) is 0 Å². The van der Waals surface area contributed by atoms with Crippen molar-refractivity contribution >= 4 is 110 Å². The van der Waals surface area contributed by atoms with Crippen LogP contribution in [-0.4, -0.2) is 49.2 Å².